The summed E-state index contributed by atoms with van der Waals surface area (Å²) in [5, 5.41) is 7.63. The Morgan fingerprint density at radius 2 is 1.90 bits per heavy atom. The van der Waals surface area contributed by atoms with Crippen molar-refractivity contribution < 1.29 is 14.0 Å². The summed E-state index contributed by atoms with van der Waals surface area (Å²) in [6.45, 7) is 0.406. The Hall–Kier alpha value is -3.16. The van der Waals surface area contributed by atoms with Crippen molar-refractivity contribution in [3.8, 4) is 0 Å². The second kappa shape index (κ2) is 9.86. The van der Waals surface area contributed by atoms with E-state index in [0.29, 0.717) is 17.9 Å². The number of hydrogen-bond donors (Lipinski definition) is 2. The molecule has 0 saturated carbocycles. The maximum Gasteiger partial charge on any atom is 0.268 e. The Morgan fingerprint density at radius 1 is 1.10 bits per heavy atom. The minimum absolute atomic E-state index is 0.0358. The van der Waals surface area contributed by atoms with Crippen LogP contribution in [0.2, 0.25) is 0 Å². The van der Waals surface area contributed by atoms with Crippen molar-refractivity contribution in [3.05, 3.63) is 88.1 Å². The molecule has 1 aromatic carbocycles. The molecular weight excluding hydrogens is 386 g/mol. The monoisotopic (exact) mass is 409 g/mol. The summed E-state index contributed by atoms with van der Waals surface area (Å²) in [5.74, 6) is -0.263. The lowest BCUT2D eigenvalue weighted by atomic mass is 10.2. The lowest BCUT2D eigenvalue weighted by Crippen LogP contribution is -2.39. The van der Waals surface area contributed by atoms with Gasteiger partial charge in [-0.1, -0.05) is 24.3 Å². The van der Waals surface area contributed by atoms with Crippen molar-refractivity contribution in [2.24, 2.45) is 0 Å². The molecule has 2 amide bonds. The normalized spacial score (nSPS) is 12.6. The van der Waals surface area contributed by atoms with Crippen molar-refractivity contribution in [2.75, 3.05) is 20.6 Å². The molecular formula is C22H23N3O3S. The molecule has 29 heavy (non-hydrogen) atoms. The molecule has 1 atom stereocenters. The number of furan rings is 1. The first kappa shape index (κ1) is 20.6. The van der Waals surface area contributed by atoms with Gasteiger partial charge in [0.25, 0.3) is 11.8 Å². The first-order valence-electron chi connectivity index (χ1n) is 9.14. The van der Waals surface area contributed by atoms with Gasteiger partial charge in [0.05, 0.1) is 12.3 Å². The largest absolute Gasteiger partial charge is 0.465 e. The average Bonchev–Trinajstić information content (AvgIpc) is 3.42. The van der Waals surface area contributed by atoms with Crippen LogP contribution in [0.15, 0.2) is 76.4 Å². The van der Waals surface area contributed by atoms with E-state index in [9.17, 15) is 9.59 Å². The van der Waals surface area contributed by atoms with Gasteiger partial charge in [-0.2, -0.15) is 0 Å². The number of hydrogen-bond acceptors (Lipinski definition) is 5. The number of likely N-dealkylation sites (N-methyl/N-ethyl adjacent to an activating group) is 1. The van der Waals surface area contributed by atoms with Crippen LogP contribution in [0, 0.1) is 0 Å². The van der Waals surface area contributed by atoms with Gasteiger partial charge in [0.15, 0.2) is 0 Å². The Kier molecular flexibility index (Phi) is 6.99. The maximum absolute atomic E-state index is 12.9. The molecule has 7 heteroatoms. The highest BCUT2D eigenvalue weighted by Gasteiger charge is 2.19. The van der Waals surface area contributed by atoms with Gasteiger partial charge in [-0.3, -0.25) is 9.59 Å². The van der Waals surface area contributed by atoms with Gasteiger partial charge in [-0.25, -0.2) is 0 Å². The maximum atomic E-state index is 12.9. The van der Waals surface area contributed by atoms with Crippen molar-refractivity contribution in [1.29, 1.82) is 0 Å². The van der Waals surface area contributed by atoms with Gasteiger partial charge >= 0.3 is 0 Å². The predicted molar refractivity (Wildman–Crippen MR) is 114 cm³/mol. The number of carbonyl (C=O) groups excluding carboxylic acids is 2. The summed E-state index contributed by atoms with van der Waals surface area (Å²) in [7, 11) is 3.93. The molecule has 3 rings (SSSR count). The van der Waals surface area contributed by atoms with Crippen LogP contribution in [0.3, 0.4) is 0 Å². The molecule has 1 unspecified atom stereocenters. The zero-order valence-electron chi connectivity index (χ0n) is 16.3. The quantitative estimate of drug-likeness (QED) is 0.558. The minimum Gasteiger partial charge on any atom is -0.465 e. The molecule has 0 saturated heterocycles. The van der Waals surface area contributed by atoms with Gasteiger partial charge in [0, 0.05) is 23.1 Å². The number of benzene rings is 1. The highest BCUT2D eigenvalue weighted by atomic mass is 32.1. The summed E-state index contributed by atoms with van der Waals surface area (Å²) in [6.07, 6.45) is 3.03. The smallest absolute Gasteiger partial charge is 0.268 e. The molecule has 0 aliphatic rings. The fourth-order valence-corrected chi connectivity index (χ4v) is 3.68. The Labute approximate surface area is 173 Å². The highest BCUT2D eigenvalue weighted by molar-refractivity contribution is 7.10. The minimum atomic E-state index is -0.380. The first-order valence-corrected chi connectivity index (χ1v) is 10.0. The Morgan fingerprint density at radius 3 is 2.52 bits per heavy atom. The fraction of sp³-hybridized carbons (Fsp3) is 0.182. The number of thiophene rings is 1. The molecule has 0 radical (unpaired) electrons. The molecule has 2 aromatic heterocycles. The third-order valence-corrected chi connectivity index (χ3v) is 5.28. The van der Waals surface area contributed by atoms with E-state index in [1.807, 2.05) is 42.6 Å². The third kappa shape index (κ3) is 5.66. The molecule has 6 nitrogen and oxygen atoms in total. The average molecular weight is 410 g/mol. The lowest BCUT2D eigenvalue weighted by Gasteiger charge is -2.24. The van der Waals surface area contributed by atoms with Crippen molar-refractivity contribution in [2.45, 2.75) is 6.04 Å². The van der Waals surface area contributed by atoms with E-state index in [1.54, 1.807) is 47.7 Å². The third-order valence-electron chi connectivity index (χ3n) is 4.31. The lowest BCUT2D eigenvalue weighted by molar-refractivity contribution is -0.117. The number of rotatable bonds is 8. The van der Waals surface area contributed by atoms with Gasteiger partial charge in [0.1, 0.15) is 11.5 Å². The van der Waals surface area contributed by atoms with Gasteiger partial charge in [0.2, 0.25) is 0 Å². The van der Waals surface area contributed by atoms with Crippen LogP contribution < -0.4 is 10.6 Å². The number of carbonyl (C=O) groups is 2. The number of nitrogens with zero attached hydrogens (tertiary/aromatic N) is 1. The molecule has 3 aromatic rings. The number of nitrogens with one attached hydrogen (secondary N) is 2. The van der Waals surface area contributed by atoms with Gasteiger partial charge in [-0.05, 0) is 49.8 Å². The SMILES string of the molecule is CN(C)C(CNC(=O)C(=Cc1ccco1)NC(=O)c1ccccc1)c1cccs1. The first-order chi connectivity index (χ1) is 14.0. The highest BCUT2D eigenvalue weighted by Crippen LogP contribution is 2.22. The van der Waals surface area contributed by atoms with E-state index >= 15 is 0 Å². The Bertz CT molecular complexity index is 949. The standard InChI is InChI=1S/C22H23N3O3S/c1-25(2)19(20-11-7-13-29-20)15-23-22(27)18(14-17-10-6-12-28-17)24-21(26)16-8-4-3-5-9-16/h3-14,19H,15H2,1-2H3,(H,23,27)(H,24,26). The van der Waals surface area contributed by atoms with Crippen LogP contribution >= 0.6 is 11.3 Å². The second-order valence-corrected chi connectivity index (χ2v) is 7.58. The van der Waals surface area contributed by atoms with Crippen molar-refractivity contribution >= 4 is 29.2 Å². The zero-order chi connectivity index (χ0) is 20.6. The van der Waals surface area contributed by atoms with Crippen LogP contribution in [0.5, 0.6) is 0 Å². The molecule has 0 aliphatic heterocycles. The van der Waals surface area contributed by atoms with Crippen LogP contribution in [0.25, 0.3) is 6.08 Å². The predicted octanol–water partition coefficient (Wildman–Crippen LogP) is 3.53. The van der Waals surface area contributed by atoms with Gasteiger partial charge in [-0.15, -0.1) is 11.3 Å². The fourth-order valence-electron chi connectivity index (χ4n) is 2.76. The molecule has 0 aliphatic carbocycles. The molecule has 0 spiro atoms. The summed E-state index contributed by atoms with van der Waals surface area (Å²) < 4.78 is 5.31. The van der Waals surface area contributed by atoms with Crippen LogP contribution in [0.1, 0.15) is 27.0 Å². The second-order valence-electron chi connectivity index (χ2n) is 6.60. The van der Waals surface area contributed by atoms with E-state index < -0.39 is 0 Å². The summed E-state index contributed by atoms with van der Waals surface area (Å²) in [5.41, 5.74) is 0.591. The van der Waals surface area contributed by atoms with Gasteiger partial charge < -0.3 is 20.0 Å². The van der Waals surface area contributed by atoms with Crippen molar-refractivity contribution in [1.82, 2.24) is 15.5 Å². The van der Waals surface area contributed by atoms with Crippen LogP contribution in [0.4, 0.5) is 0 Å². The van der Waals surface area contributed by atoms with E-state index in [0.717, 1.165) is 4.88 Å². The molecule has 2 heterocycles. The molecule has 0 bridgehead atoms. The van der Waals surface area contributed by atoms with E-state index in [4.69, 9.17) is 4.42 Å². The van der Waals surface area contributed by atoms with Crippen molar-refractivity contribution in [3.63, 3.8) is 0 Å². The van der Waals surface area contributed by atoms with Crippen LogP contribution in [-0.2, 0) is 4.79 Å². The summed E-state index contributed by atoms with van der Waals surface area (Å²) in [6, 6.07) is 16.3. The number of amides is 2. The Balaban J connectivity index is 1.75. The zero-order valence-corrected chi connectivity index (χ0v) is 17.1. The van der Waals surface area contributed by atoms with Crippen LogP contribution in [-0.4, -0.2) is 37.4 Å². The van der Waals surface area contributed by atoms with E-state index in [1.165, 1.54) is 12.3 Å². The summed E-state index contributed by atoms with van der Waals surface area (Å²) in [4.78, 5) is 28.6. The van der Waals surface area contributed by atoms with E-state index in [2.05, 4.69) is 10.6 Å². The molecule has 150 valence electrons. The topological polar surface area (TPSA) is 74.6 Å². The van der Waals surface area contributed by atoms with E-state index in [-0.39, 0.29) is 23.6 Å². The molecule has 2 N–H and O–H groups in total. The molecule has 0 fully saturated rings. The summed E-state index contributed by atoms with van der Waals surface area (Å²) >= 11 is 1.64.